The van der Waals surface area contributed by atoms with Gasteiger partial charge in [0.25, 0.3) is 0 Å². The fraction of sp³-hybridized carbons (Fsp3) is 1.00. The minimum atomic E-state index is 0.208. The van der Waals surface area contributed by atoms with Gasteiger partial charge in [-0.25, -0.2) is 0 Å². The van der Waals surface area contributed by atoms with Gasteiger partial charge in [0.05, 0.1) is 6.17 Å². The molecular weight excluding hydrogens is 150 g/mol. The van der Waals surface area contributed by atoms with Crippen LogP contribution in [-0.2, 0) is 0 Å². The molecule has 2 aliphatic heterocycles. The number of hydrogen-bond acceptors (Lipinski definition) is 3. The Kier molecular flexibility index (Phi) is 2.63. The van der Waals surface area contributed by atoms with Crippen molar-refractivity contribution in [3.05, 3.63) is 0 Å². The molecule has 2 rings (SSSR count). The van der Waals surface area contributed by atoms with E-state index in [4.69, 9.17) is 5.73 Å². The predicted octanol–water partition coefficient (Wildman–Crippen LogP) is 0.119. The van der Waals surface area contributed by atoms with Crippen LogP contribution in [0.4, 0.5) is 0 Å². The predicted molar refractivity (Wildman–Crippen MR) is 49.8 cm³/mol. The van der Waals surface area contributed by atoms with Crippen molar-refractivity contribution in [2.75, 3.05) is 19.6 Å². The fourth-order valence-corrected chi connectivity index (χ4v) is 2.31. The zero-order valence-electron chi connectivity index (χ0n) is 7.63. The van der Waals surface area contributed by atoms with Gasteiger partial charge >= 0.3 is 0 Å². The van der Waals surface area contributed by atoms with Crippen molar-refractivity contribution in [2.24, 2.45) is 5.73 Å². The zero-order valence-corrected chi connectivity index (χ0v) is 7.63. The highest BCUT2D eigenvalue weighted by Gasteiger charge is 2.26. The maximum atomic E-state index is 5.84. The van der Waals surface area contributed by atoms with Crippen molar-refractivity contribution in [1.82, 2.24) is 10.2 Å². The lowest BCUT2D eigenvalue weighted by molar-refractivity contribution is 0.135. The molecule has 0 bridgehead atoms. The van der Waals surface area contributed by atoms with Gasteiger partial charge in [0.2, 0.25) is 0 Å². The molecule has 0 aromatic carbocycles. The van der Waals surface area contributed by atoms with Crippen molar-refractivity contribution in [1.29, 1.82) is 0 Å². The van der Waals surface area contributed by atoms with Crippen molar-refractivity contribution < 1.29 is 0 Å². The first-order chi connectivity index (χ1) is 5.86. The molecule has 0 aromatic rings. The van der Waals surface area contributed by atoms with Crippen LogP contribution in [0, 0.1) is 0 Å². The monoisotopic (exact) mass is 169 g/mol. The quantitative estimate of drug-likeness (QED) is 0.541. The Hall–Kier alpha value is -0.120. The molecule has 0 saturated carbocycles. The third-order valence-electron chi connectivity index (χ3n) is 3.05. The molecule has 70 valence electrons. The summed E-state index contributed by atoms with van der Waals surface area (Å²) in [4.78, 5) is 2.56. The number of piperazine rings is 1. The van der Waals surface area contributed by atoms with Crippen molar-refractivity contribution >= 4 is 0 Å². The summed E-state index contributed by atoms with van der Waals surface area (Å²) in [5.41, 5.74) is 5.84. The maximum absolute atomic E-state index is 5.84. The molecule has 12 heavy (non-hydrogen) atoms. The lowest BCUT2D eigenvalue weighted by Crippen LogP contribution is -2.59. The van der Waals surface area contributed by atoms with Crippen LogP contribution in [0.3, 0.4) is 0 Å². The van der Waals surface area contributed by atoms with Crippen LogP contribution in [0.15, 0.2) is 0 Å². The molecule has 0 amide bonds. The smallest absolute Gasteiger partial charge is 0.0678 e. The number of nitrogens with one attached hydrogen (secondary N) is 1. The van der Waals surface area contributed by atoms with E-state index in [2.05, 4.69) is 10.2 Å². The Morgan fingerprint density at radius 2 is 2.17 bits per heavy atom. The third kappa shape index (κ3) is 1.79. The maximum Gasteiger partial charge on any atom is 0.0678 e. The molecule has 2 unspecified atom stereocenters. The van der Waals surface area contributed by atoms with E-state index >= 15 is 0 Å². The van der Waals surface area contributed by atoms with Crippen molar-refractivity contribution in [2.45, 2.75) is 37.9 Å². The van der Waals surface area contributed by atoms with Gasteiger partial charge < -0.3 is 5.73 Å². The van der Waals surface area contributed by atoms with Gasteiger partial charge in [0.1, 0.15) is 0 Å². The first kappa shape index (κ1) is 8.48. The lowest BCUT2D eigenvalue weighted by Gasteiger charge is -2.37. The Balaban J connectivity index is 1.94. The zero-order chi connectivity index (χ0) is 8.39. The number of rotatable bonds is 0. The Bertz CT molecular complexity index is 149. The topological polar surface area (TPSA) is 41.3 Å². The standard InChI is InChI=1S/C9H19N3/c10-9-7-12-5-3-1-2-4-8(12)6-11-9/h8-9,11H,1-7,10H2. The molecule has 0 aliphatic carbocycles. The molecule has 2 atom stereocenters. The van der Waals surface area contributed by atoms with Crippen LogP contribution in [0.25, 0.3) is 0 Å². The Morgan fingerprint density at radius 3 is 3.08 bits per heavy atom. The minimum Gasteiger partial charge on any atom is -0.315 e. The van der Waals surface area contributed by atoms with Gasteiger partial charge in [-0.3, -0.25) is 10.2 Å². The second kappa shape index (κ2) is 3.73. The first-order valence-electron chi connectivity index (χ1n) is 5.09. The average Bonchev–Trinajstić information content (AvgIpc) is 2.28. The Labute approximate surface area is 74.3 Å². The van der Waals surface area contributed by atoms with Crippen LogP contribution >= 0.6 is 0 Å². The molecule has 2 fully saturated rings. The van der Waals surface area contributed by atoms with Crippen LogP contribution in [0.2, 0.25) is 0 Å². The van der Waals surface area contributed by atoms with Crippen LogP contribution in [0.1, 0.15) is 25.7 Å². The van der Waals surface area contributed by atoms with Gasteiger partial charge in [-0.05, 0) is 19.4 Å². The lowest BCUT2D eigenvalue weighted by atomic mass is 10.1. The molecule has 0 aromatic heterocycles. The number of hydrogen-bond donors (Lipinski definition) is 2. The van der Waals surface area contributed by atoms with E-state index in [1.54, 1.807) is 0 Å². The van der Waals surface area contributed by atoms with E-state index in [1.165, 1.54) is 32.2 Å². The largest absolute Gasteiger partial charge is 0.315 e. The van der Waals surface area contributed by atoms with E-state index in [1.807, 2.05) is 0 Å². The van der Waals surface area contributed by atoms with Crippen molar-refractivity contribution in [3.63, 3.8) is 0 Å². The molecule has 0 radical (unpaired) electrons. The normalized spacial score (nSPS) is 38.8. The summed E-state index contributed by atoms with van der Waals surface area (Å²) in [5, 5.41) is 3.35. The molecular formula is C9H19N3. The number of fused-ring (bicyclic) bond motifs is 1. The molecule has 3 nitrogen and oxygen atoms in total. The molecule has 2 aliphatic rings. The van der Waals surface area contributed by atoms with Crippen LogP contribution in [-0.4, -0.2) is 36.7 Å². The first-order valence-corrected chi connectivity index (χ1v) is 5.09. The molecule has 0 spiro atoms. The summed E-state index contributed by atoms with van der Waals surface area (Å²) in [6, 6.07) is 0.771. The van der Waals surface area contributed by atoms with E-state index in [0.29, 0.717) is 0 Å². The van der Waals surface area contributed by atoms with Gasteiger partial charge in [0.15, 0.2) is 0 Å². The van der Waals surface area contributed by atoms with Gasteiger partial charge in [0, 0.05) is 19.1 Å². The second-order valence-corrected chi connectivity index (χ2v) is 4.01. The van der Waals surface area contributed by atoms with E-state index < -0.39 is 0 Å². The van der Waals surface area contributed by atoms with Crippen molar-refractivity contribution in [3.8, 4) is 0 Å². The highest BCUT2D eigenvalue weighted by Crippen LogP contribution is 2.18. The summed E-state index contributed by atoms with van der Waals surface area (Å²) in [7, 11) is 0. The van der Waals surface area contributed by atoms with Crippen LogP contribution < -0.4 is 11.1 Å². The molecule has 2 saturated heterocycles. The molecule has 3 N–H and O–H groups in total. The third-order valence-corrected chi connectivity index (χ3v) is 3.05. The van der Waals surface area contributed by atoms with E-state index in [0.717, 1.165) is 19.1 Å². The highest BCUT2D eigenvalue weighted by atomic mass is 15.3. The Morgan fingerprint density at radius 1 is 1.25 bits per heavy atom. The van der Waals surface area contributed by atoms with E-state index in [-0.39, 0.29) is 6.17 Å². The van der Waals surface area contributed by atoms with Crippen LogP contribution in [0.5, 0.6) is 0 Å². The van der Waals surface area contributed by atoms with Gasteiger partial charge in [-0.1, -0.05) is 12.8 Å². The highest BCUT2D eigenvalue weighted by molar-refractivity contribution is 4.84. The summed E-state index contributed by atoms with van der Waals surface area (Å²) < 4.78 is 0. The van der Waals surface area contributed by atoms with E-state index in [9.17, 15) is 0 Å². The summed E-state index contributed by atoms with van der Waals surface area (Å²) >= 11 is 0. The van der Waals surface area contributed by atoms with Gasteiger partial charge in [-0.15, -0.1) is 0 Å². The summed E-state index contributed by atoms with van der Waals surface area (Å²) in [5.74, 6) is 0. The number of nitrogens with two attached hydrogens (primary N) is 1. The average molecular weight is 169 g/mol. The molecule has 3 heteroatoms. The minimum absolute atomic E-state index is 0.208. The second-order valence-electron chi connectivity index (χ2n) is 4.01. The summed E-state index contributed by atoms with van der Waals surface area (Å²) in [6.45, 7) is 3.41. The van der Waals surface area contributed by atoms with Gasteiger partial charge in [-0.2, -0.15) is 0 Å². The summed E-state index contributed by atoms with van der Waals surface area (Å²) in [6.07, 6.45) is 5.74. The fourth-order valence-electron chi connectivity index (χ4n) is 2.31. The molecule has 2 heterocycles. The number of nitrogens with zero attached hydrogens (tertiary/aromatic N) is 1. The SMILES string of the molecule is NC1CN2CCCCCC2CN1.